The first kappa shape index (κ1) is 11.3. The van der Waals surface area contributed by atoms with Crippen LogP contribution in [-0.2, 0) is 0 Å². The summed E-state index contributed by atoms with van der Waals surface area (Å²) in [6, 6.07) is 0. The van der Waals surface area contributed by atoms with Crippen LogP contribution in [0.3, 0.4) is 0 Å². The molecule has 0 saturated carbocycles. The van der Waals surface area contributed by atoms with E-state index in [4.69, 9.17) is 0 Å². The van der Waals surface area contributed by atoms with Gasteiger partial charge in [-0.1, -0.05) is 13.8 Å². The maximum atomic E-state index is 4.17. The highest BCUT2D eigenvalue weighted by Crippen LogP contribution is 2.32. The Morgan fingerprint density at radius 1 is 1.54 bits per heavy atom. The highest BCUT2D eigenvalue weighted by molar-refractivity contribution is 7.80. The van der Waals surface area contributed by atoms with Crippen molar-refractivity contribution in [2.45, 2.75) is 20.3 Å². The summed E-state index contributed by atoms with van der Waals surface area (Å²) in [5.41, 5.74) is 0.410. The number of hydrogen-bond acceptors (Lipinski definition) is 3. The standard InChI is InChI=1S/C10H22N2S/c1-10(2,7-11-8-13)9-4-5-12(3)6-9/h9,11,13H,4-8H2,1-3H3. The Hall–Kier alpha value is 0.270. The summed E-state index contributed by atoms with van der Waals surface area (Å²) in [4.78, 5) is 2.42. The van der Waals surface area contributed by atoms with Crippen LogP contribution in [0.1, 0.15) is 20.3 Å². The molecular formula is C10H22N2S. The molecule has 0 amide bonds. The van der Waals surface area contributed by atoms with Crippen molar-refractivity contribution in [3.8, 4) is 0 Å². The van der Waals surface area contributed by atoms with Gasteiger partial charge in [0.25, 0.3) is 0 Å². The van der Waals surface area contributed by atoms with Gasteiger partial charge in [-0.3, -0.25) is 0 Å². The Bertz CT molecular complexity index is 159. The van der Waals surface area contributed by atoms with Crippen LogP contribution in [0, 0.1) is 11.3 Å². The predicted molar refractivity (Wildman–Crippen MR) is 61.2 cm³/mol. The fraction of sp³-hybridized carbons (Fsp3) is 1.00. The van der Waals surface area contributed by atoms with E-state index in [1.165, 1.54) is 19.5 Å². The number of thiol groups is 1. The molecule has 13 heavy (non-hydrogen) atoms. The molecule has 0 bridgehead atoms. The summed E-state index contributed by atoms with van der Waals surface area (Å²) >= 11 is 4.17. The number of rotatable bonds is 4. The van der Waals surface area contributed by atoms with Crippen molar-refractivity contribution >= 4 is 12.6 Å². The van der Waals surface area contributed by atoms with Gasteiger partial charge in [0.1, 0.15) is 0 Å². The molecule has 0 aromatic heterocycles. The van der Waals surface area contributed by atoms with Crippen LogP contribution in [0.4, 0.5) is 0 Å². The van der Waals surface area contributed by atoms with Crippen molar-refractivity contribution in [1.29, 1.82) is 0 Å². The van der Waals surface area contributed by atoms with Crippen LogP contribution >= 0.6 is 12.6 Å². The first-order valence-corrected chi connectivity index (χ1v) is 5.69. The Kier molecular flexibility index (Phi) is 4.07. The molecule has 1 aliphatic rings. The van der Waals surface area contributed by atoms with Crippen LogP contribution < -0.4 is 5.32 Å². The average molecular weight is 202 g/mol. The molecule has 1 fully saturated rings. The third-order valence-electron chi connectivity index (χ3n) is 3.19. The number of nitrogens with zero attached hydrogens (tertiary/aromatic N) is 1. The van der Waals surface area contributed by atoms with Crippen LogP contribution in [0.5, 0.6) is 0 Å². The van der Waals surface area contributed by atoms with E-state index in [1.807, 2.05) is 0 Å². The van der Waals surface area contributed by atoms with Crippen molar-refractivity contribution in [2.24, 2.45) is 11.3 Å². The number of likely N-dealkylation sites (tertiary alicyclic amines) is 1. The van der Waals surface area contributed by atoms with E-state index in [0.29, 0.717) is 5.41 Å². The van der Waals surface area contributed by atoms with E-state index in [9.17, 15) is 0 Å². The SMILES string of the molecule is CN1CCC(C(C)(C)CNCS)C1. The van der Waals surface area contributed by atoms with Gasteiger partial charge in [0.05, 0.1) is 0 Å². The van der Waals surface area contributed by atoms with Crippen molar-refractivity contribution < 1.29 is 0 Å². The van der Waals surface area contributed by atoms with Gasteiger partial charge in [0.15, 0.2) is 0 Å². The molecule has 1 rings (SSSR count). The minimum Gasteiger partial charge on any atom is -0.308 e. The van der Waals surface area contributed by atoms with Crippen LogP contribution in [0.15, 0.2) is 0 Å². The lowest BCUT2D eigenvalue weighted by Crippen LogP contribution is -2.36. The summed E-state index contributed by atoms with van der Waals surface area (Å²) in [5, 5.41) is 3.33. The molecule has 0 spiro atoms. The van der Waals surface area contributed by atoms with Crippen molar-refractivity contribution in [3.05, 3.63) is 0 Å². The molecule has 3 heteroatoms. The topological polar surface area (TPSA) is 15.3 Å². The van der Waals surface area contributed by atoms with Crippen LogP contribution in [0.25, 0.3) is 0 Å². The normalized spacial score (nSPS) is 25.4. The van der Waals surface area contributed by atoms with Crippen molar-refractivity contribution in [1.82, 2.24) is 10.2 Å². The van der Waals surface area contributed by atoms with Gasteiger partial charge >= 0.3 is 0 Å². The lowest BCUT2D eigenvalue weighted by atomic mass is 9.78. The van der Waals surface area contributed by atoms with E-state index in [2.05, 4.69) is 43.7 Å². The maximum absolute atomic E-state index is 4.17. The Morgan fingerprint density at radius 3 is 2.69 bits per heavy atom. The Balaban J connectivity index is 2.39. The van der Waals surface area contributed by atoms with Gasteiger partial charge in [-0.2, -0.15) is 12.6 Å². The van der Waals surface area contributed by atoms with Gasteiger partial charge in [0, 0.05) is 19.0 Å². The van der Waals surface area contributed by atoms with Crippen LogP contribution in [0.2, 0.25) is 0 Å². The zero-order valence-electron chi connectivity index (χ0n) is 9.01. The molecule has 1 atom stereocenters. The molecule has 0 radical (unpaired) electrons. The molecule has 1 aliphatic heterocycles. The van der Waals surface area contributed by atoms with Gasteiger partial charge < -0.3 is 10.2 Å². The zero-order chi connectivity index (χ0) is 9.90. The minimum absolute atomic E-state index is 0.410. The molecule has 0 aromatic carbocycles. The Labute approximate surface area is 87.5 Å². The molecule has 2 nitrogen and oxygen atoms in total. The maximum Gasteiger partial charge on any atom is 0.0387 e. The molecule has 1 N–H and O–H groups in total. The first-order valence-electron chi connectivity index (χ1n) is 5.06. The average Bonchev–Trinajstić information content (AvgIpc) is 2.49. The van der Waals surface area contributed by atoms with E-state index in [1.54, 1.807) is 0 Å². The summed E-state index contributed by atoms with van der Waals surface area (Å²) in [7, 11) is 2.21. The molecule has 1 heterocycles. The second-order valence-corrected chi connectivity index (χ2v) is 5.14. The molecule has 78 valence electrons. The third kappa shape index (κ3) is 3.15. The fourth-order valence-electron chi connectivity index (χ4n) is 2.10. The van der Waals surface area contributed by atoms with E-state index in [-0.39, 0.29) is 0 Å². The second-order valence-electron chi connectivity index (χ2n) is 4.82. The quantitative estimate of drug-likeness (QED) is 0.530. The van der Waals surface area contributed by atoms with E-state index < -0.39 is 0 Å². The smallest absolute Gasteiger partial charge is 0.0387 e. The first-order chi connectivity index (χ1) is 6.06. The van der Waals surface area contributed by atoms with Gasteiger partial charge in [-0.05, 0) is 31.3 Å². The molecule has 0 aromatic rings. The van der Waals surface area contributed by atoms with Crippen LogP contribution in [-0.4, -0.2) is 37.5 Å². The highest BCUT2D eigenvalue weighted by Gasteiger charge is 2.33. The van der Waals surface area contributed by atoms with E-state index in [0.717, 1.165) is 18.3 Å². The summed E-state index contributed by atoms with van der Waals surface area (Å²) < 4.78 is 0. The summed E-state index contributed by atoms with van der Waals surface area (Å²) in [6.45, 7) is 8.30. The lowest BCUT2D eigenvalue weighted by molar-refractivity contribution is 0.210. The summed E-state index contributed by atoms with van der Waals surface area (Å²) in [5.74, 6) is 1.62. The van der Waals surface area contributed by atoms with E-state index >= 15 is 0 Å². The molecule has 0 aliphatic carbocycles. The van der Waals surface area contributed by atoms with Gasteiger partial charge in [-0.15, -0.1) is 0 Å². The molecule has 1 unspecified atom stereocenters. The Morgan fingerprint density at radius 2 is 2.23 bits per heavy atom. The third-order valence-corrected chi connectivity index (χ3v) is 3.41. The van der Waals surface area contributed by atoms with Gasteiger partial charge in [-0.25, -0.2) is 0 Å². The highest BCUT2D eigenvalue weighted by atomic mass is 32.1. The number of hydrogen-bond donors (Lipinski definition) is 2. The zero-order valence-corrected chi connectivity index (χ0v) is 9.90. The minimum atomic E-state index is 0.410. The van der Waals surface area contributed by atoms with Crippen molar-refractivity contribution in [3.63, 3.8) is 0 Å². The number of nitrogens with one attached hydrogen (secondary N) is 1. The largest absolute Gasteiger partial charge is 0.308 e. The lowest BCUT2D eigenvalue weighted by Gasteiger charge is -2.31. The predicted octanol–water partition coefficient (Wildman–Crippen LogP) is 1.44. The van der Waals surface area contributed by atoms with Gasteiger partial charge in [0.2, 0.25) is 0 Å². The molecular weight excluding hydrogens is 180 g/mol. The monoisotopic (exact) mass is 202 g/mol. The fourth-order valence-corrected chi connectivity index (χ4v) is 2.21. The second kappa shape index (κ2) is 4.67. The van der Waals surface area contributed by atoms with Crippen molar-refractivity contribution in [2.75, 3.05) is 32.6 Å². The summed E-state index contributed by atoms with van der Waals surface area (Å²) in [6.07, 6.45) is 1.34. The molecule has 1 saturated heterocycles.